The monoisotopic (exact) mass is 358 g/mol. The Bertz CT molecular complexity index is 1120. The molecule has 132 valence electrons. The smallest absolute Gasteiger partial charge is 0.257 e. The number of benzene rings is 2. The fourth-order valence-corrected chi connectivity index (χ4v) is 2.76. The molecule has 2 heterocycles. The molecule has 4 rings (SSSR count). The second-order valence-electron chi connectivity index (χ2n) is 5.93. The highest BCUT2D eigenvalue weighted by Gasteiger charge is 2.10. The van der Waals surface area contributed by atoms with Gasteiger partial charge in [0, 0.05) is 23.5 Å². The van der Waals surface area contributed by atoms with E-state index < -0.39 is 0 Å². The lowest BCUT2D eigenvalue weighted by Gasteiger charge is -2.10. The molecule has 0 aliphatic rings. The van der Waals surface area contributed by atoms with Crippen molar-refractivity contribution in [2.24, 2.45) is 0 Å². The Labute approximate surface area is 154 Å². The van der Waals surface area contributed by atoms with Crippen molar-refractivity contribution in [2.75, 3.05) is 10.6 Å². The first kappa shape index (κ1) is 16.7. The van der Waals surface area contributed by atoms with Crippen molar-refractivity contribution in [1.29, 1.82) is 0 Å². The molecule has 6 heteroatoms. The number of nitrogens with one attached hydrogen (secondary N) is 2. The van der Waals surface area contributed by atoms with Gasteiger partial charge in [-0.05, 0) is 36.4 Å². The Morgan fingerprint density at radius 2 is 1.78 bits per heavy atom. The molecular formula is C21H15FN4O. The van der Waals surface area contributed by atoms with Crippen LogP contribution in [0.15, 0.2) is 79.3 Å². The van der Waals surface area contributed by atoms with Gasteiger partial charge in [0.15, 0.2) is 0 Å². The summed E-state index contributed by atoms with van der Waals surface area (Å²) in [5.74, 6) is -0.645. The zero-order chi connectivity index (χ0) is 18.6. The summed E-state index contributed by atoms with van der Waals surface area (Å²) in [6.45, 7) is 0. The summed E-state index contributed by atoms with van der Waals surface area (Å²) in [5.41, 5.74) is 2.89. The van der Waals surface area contributed by atoms with Gasteiger partial charge in [-0.25, -0.2) is 4.39 Å². The molecule has 0 unspecified atom stereocenters. The Balaban J connectivity index is 1.57. The van der Waals surface area contributed by atoms with E-state index in [2.05, 4.69) is 20.6 Å². The standard InChI is InChI=1S/C21H15FN4O/c22-16-6-2-7-17(11-16)25-18-10-15(12-23-13-18)21(27)26-19-8-1-4-14-5-3-9-24-20(14)19/h1-13,25H,(H,26,27). The Morgan fingerprint density at radius 1 is 0.926 bits per heavy atom. The van der Waals surface area contributed by atoms with Gasteiger partial charge in [-0.1, -0.05) is 24.3 Å². The second-order valence-corrected chi connectivity index (χ2v) is 5.93. The summed E-state index contributed by atoms with van der Waals surface area (Å²) in [4.78, 5) is 21.1. The number of hydrogen-bond donors (Lipinski definition) is 2. The SMILES string of the molecule is O=C(Nc1cccc2cccnc12)c1cncc(Nc2cccc(F)c2)c1. The van der Waals surface area contributed by atoms with E-state index in [1.807, 2.05) is 24.3 Å². The minimum atomic E-state index is -0.342. The molecule has 0 radical (unpaired) electrons. The van der Waals surface area contributed by atoms with Crippen molar-refractivity contribution in [3.05, 3.63) is 90.6 Å². The Morgan fingerprint density at radius 3 is 2.67 bits per heavy atom. The number of carbonyl (C=O) groups excluding carboxylic acids is 1. The number of aromatic nitrogens is 2. The average molecular weight is 358 g/mol. The van der Waals surface area contributed by atoms with Crippen molar-refractivity contribution in [2.45, 2.75) is 0 Å². The lowest BCUT2D eigenvalue weighted by molar-refractivity contribution is 0.102. The first-order chi connectivity index (χ1) is 13.2. The van der Waals surface area contributed by atoms with Crippen LogP contribution < -0.4 is 10.6 Å². The fourth-order valence-electron chi connectivity index (χ4n) is 2.76. The van der Waals surface area contributed by atoms with E-state index in [-0.39, 0.29) is 11.7 Å². The molecule has 0 atom stereocenters. The third kappa shape index (κ3) is 3.74. The first-order valence-corrected chi connectivity index (χ1v) is 8.32. The van der Waals surface area contributed by atoms with E-state index in [9.17, 15) is 9.18 Å². The van der Waals surface area contributed by atoms with Gasteiger partial charge >= 0.3 is 0 Å². The van der Waals surface area contributed by atoms with Gasteiger partial charge in [0.25, 0.3) is 5.91 Å². The van der Waals surface area contributed by atoms with Crippen molar-refractivity contribution in [1.82, 2.24) is 9.97 Å². The number of pyridine rings is 2. The Hall–Kier alpha value is -3.80. The number of para-hydroxylation sites is 1. The Kier molecular flexibility index (Phi) is 4.45. The molecule has 0 aliphatic carbocycles. The highest BCUT2D eigenvalue weighted by atomic mass is 19.1. The van der Waals surface area contributed by atoms with Crippen LogP contribution in [0, 0.1) is 5.82 Å². The summed E-state index contributed by atoms with van der Waals surface area (Å²) in [5, 5.41) is 6.85. The normalized spacial score (nSPS) is 10.6. The van der Waals surface area contributed by atoms with E-state index in [1.165, 1.54) is 18.3 Å². The molecule has 4 aromatic rings. The maximum Gasteiger partial charge on any atom is 0.257 e. The zero-order valence-corrected chi connectivity index (χ0v) is 14.2. The highest BCUT2D eigenvalue weighted by molar-refractivity contribution is 6.08. The maximum atomic E-state index is 13.3. The molecule has 0 fully saturated rings. The van der Waals surface area contributed by atoms with Gasteiger partial charge in [-0.2, -0.15) is 0 Å². The van der Waals surface area contributed by atoms with Gasteiger partial charge in [0.2, 0.25) is 0 Å². The van der Waals surface area contributed by atoms with Crippen LogP contribution in [0.4, 0.5) is 21.5 Å². The molecular weight excluding hydrogens is 343 g/mol. The number of fused-ring (bicyclic) bond motifs is 1. The van der Waals surface area contributed by atoms with Gasteiger partial charge in [-0.15, -0.1) is 0 Å². The van der Waals surface area contributed by atoms with E-state index in [0.717, 1.165) is 10.9 Å². The molecule has 1 amide bonds. The van der Waals surface area contributed by atoms with Crippen molar-refractivity contribution in [3.8, 4) is 0 Å². The minimum absolute atomic E-state index is 0.302. The first-order valence-electron chi connectivity index (χ1n) is 8.32. The lowest BCUT2D eigenvalue weighted by Crippen LogP contribution is -2.13. The van der Waals surface area contributed by atoms with Crippen LogP contribution in [0.5, 0.6) is 0 Å². The predicted octanol–water partition coefficient (Wildman–Crippen LogP) is 4.76. The minimum Gasteiger partial charge on any atom is -0.354 e. The molecule has 2 aromatic carbocycles. The summed E-state index contributed by atoms with van der Waals surface area (Å²) in [6.07, 6.45) is 4.73. The molecule has 2 N–H and O–H groups in total. The largest absolute Gasteiger partial charge is 0.354 e. The molecule has 0 bridgehead atoms. The molecule has 5 nitrogen and oxygen atoms in total. The second kappa shape index (κ2) is 7.21. The van der Waals surface area contributed by atoms with Crippen LogP contribution in [0.25, 0.3) is 10.9 Å². The number of halogens is 1. The third-order valence-electron chi connectivity index (χ3n) is 3.99. The highest BCUT2D eigenvalue weighted by Crippen LogP contribution is 2.22. The van der Waals surface area contributed by atoms with E-state index in [4.69, 9.17) is 0 Å². The van der Waals surface area contributed by atoms with Crippen LogP contribution in [0.3, 0.4) is 0 Å². The summed E-state index contributed by atoms with van der Waals surface area (Å²) < 4.78 is 13.3. The quantitative estimate of drug-likeness (QED) is 0.552. The molecule has 0 saturated heterocycles. The van der Waals surface area contributed by atoms with Crippen LogP contribution >= 0.6 is 0 Å². The summed E-state index contributed by atoms with van der Waals surface area (Å²) >= 11 is 0. The lowest BCUT2D eigenvalue weighted by atomic mass is 10.1. The zero-order valence-electron chi connectivity index (χ0n) is 14.2. The number of anilines is 3. The summed E-state index contributed by atoms with van der Waals surface area (Å²) in [7, 11) is 0. The van der Waals surface area contributed by atoms with Gasteiger partial charge in [0.05, 0.1) is 28.7 Å². The van der Waals surface area contributed by atoms with Gasteiger partial charge < -0.3 is 10.6 Å². The van der Waals surface area contributed by atoms with Crippen LogP contribution in [-0.2, 0) is 0 Å². The van der Waals surface area contributed by atoms with E-state index in [0.29, 0.717) is 22.6 Å². The fraction of sp³-hybridized carbons (Fsp3) is 0. The number of nitrogens with zero attached hydrogens (tertiary/aromatic N) is 2. The van der Waals surface area contributed by atoms with E-state index >= 15 is 0 Å². The topological polar surface area (TPSA) is 66.9 Å². The van der Waals surface area contributed by atoms with Crippen molar-refractivity contribution >= 4 is 33.9 Å². The molecule has 0 aliphatic heterocycles. The average Bonchev–Trinajstić information content (AvgIpc) is 2.68. The van der Waals surface area contributed by atoms with Crippen LogP contribution in [0.2, 0.25) is 0 Å². The summed E-state index contributed by atoms with van der Waals surface area (Å²) in [6, 6.07) is 17.1. The number of hydrogen-bond acceptors (Lipinski definition) is 4. The maximum absolute atomic E-state index is 13.3. The third-order valence-corrected chi connectivity index (χ3v) is 3.99. The molecule has 0 saturated carbocycles. The van der Waals surface area contributed by atoms with Gasteiger partial charge in [0.1, 0.15) is 5.82 Å². The molecule has 27 heavy (non-hydrogen) atoms. The molecule has 2 aromatic heterocycles. The van der Waals surface area contributed by atoms with Crippen molar-refractivity contribution in [3.63, 3.8) is 0 Å². The predicted molar refractivity (Wildman–Crippen MR) is 104 cm³/mol. The van der Waals surface area contributed by atoms with Crippen LogP contribution in [0.1, 0.15) is 10.4 Å². The van der Waals surface area contributed by atoms with Gasteiger partial charge in [-0.3, -0.25) is 14.8 Å². The van der Waals surface area contributed by atoms with Crippen LogP contribution in [-0.4, -0.2) is 15.9 Å². The molecule has 0 spiro atoms. The number of carbonyl (C=O) groups is 1. The van der Waals surface area contributed by atoms with E-state index in [1.54, 1.807) is 36.7 Å². The number of amides is 1. The van der Waals surface area contributed by atoms with Crippen molar-refractivity contribution < 1.29 is 9.18 Å². The number of rotatable bonds is 4.